The van der Waals surface area contributed by atoms with Crippen LogP contribution < -0.4 is 5.32 Å². The zero-order valence-corrected chi connectivity index (χ0v) is 15.3. The number of aryl methyl sites for hydroxylation is 1. The molecular weight excluding hydrogens is 342 g/mol. The van der Waals surface area contributed by atoms with Crippen molar-refractivity contribution in [2.75, 3.05) is 5.75 Å². The summed E-state index contributed by atoms with van der Waals surface area (Å²) in [6, 6.07) is 8.33. The number of thioether (sulfide) groups is 1. The molecule has 0 bridgehead atoms. The average Bonchev–Trinajstić information content (AvgIpc) is 3.01. The SMILES string of the molecule is Cc1cnn(C2CCC(NC(=O)CSc3ccc(Cl)cc3)CC2)c1. The van der Waals surface area contributed by atoms with Crippen LogP contribution in [0, 0.1) is 6.92 Å². The quantitative estimate of drug-likeness (QED) is 0.808. The van der Waals surface area contributed by atoms with Gasteiger partial charge in [0.1, 0.15) is 0 Å². The summed E-state index contributed by atoms with van der Waals surface area (Å²) in [7, 11) is 0. The van der Waals surface area contributed by atoms with Gasteiger partial charge in [-0.25, -0.2) is 0 Å². The predicted molar refractivity (Wildman–Crippen MR) is 98.6 cm³/mol. The summed E-state index contributed by atoms with van der Waals surface area (Å²) >= 11 is 7.41. The summed E-state index contributed by atoms with van der Waals surface area (Å²) < 4.78 is 2.07. The van der Waals surface area contributed by atoms with Gasteiger partial charge in [0.2, 0.25) is 5.91 Å². The second-order valence-corrected chi connectivity index (χ2v) is 7.80. The highest BCUT2D eigenvalue weighted by molar-refractivity contribution is 8.00. The molecule has 6 heteroatoms. The number of benzene rings is 1. The molecule has 0 unspecified atom stereocenters. The number of nitrogens with zero attached hydrogens (tertiary/aromatic N) is 2. The first kappa shape index (κ1) is 17.4. The lowest BCUT2D eigenvalue weighted by molar-refractivity contribution is -0.119. The van der Waals surface area contributed by atoms with E-state index in [-0.39, 0.29) is 11.9 Å². The molecule has 0 aliphatic heterocycles. The zero-order valence-electron chi connectivity index (χ0n) is 13.7. The fraction of sp³-hybridized carbons (Fsp3) is 0.444. The molecule has 0 radical (unpaired) electrons. The molecule has 0 spiro atoms. The van der Waals surface area contributed by atoms with Gasteiger partial charge in [-0.15, -0.1) is 11.8 Å². The summed E-state index contributed by atoms with van der Waals surface area (Å²) in [5.74, 6) is 0.549. The molecular formula is C18H22ClN3OS. The Kier molecular flexibility index (Phi) is 5.85. The van der Waals surface area contributed by atoms with Gasteiger partial charge in [-0.1, -0.05) is 11.6 Å². The Morgan fingerprint density at radius 3 is 2.62 bits per heavy atom. The van der Waals surface area contributed by atoms with E-state index in [4.69, 9.17) is 11.6 Å². The van der Waals surface area contributed by atoms with Crippen LogP contribution in [-0.2, 0) is 4.79 Å². The van der Waals surface area contributed by atoms with Crippen LogP contribution in [0.25, 0.3) is 0 Å². The van der Waals surface area contributed by atoms with Crippen LogP contribution in [0.5, 0.6) is 0 Å². The second-order valence-electron chi connectivity index (χ2n) is 6.31. The molecule has 3 rings (SSSR count). The van der Waals surface area contributed by atoms with Gasteiger partial charge in [0.05, 0.1) is 18.0 Å². The fourth-order valence-electron chi connectivity index (χ4n) is 3.07. The van der Waals surface area contributed by atoms with Gasteiger partial charge in [-0.3, -0.25) is 9.48 Å². The number of halogens is 1. The minimum absolute atomic E-state index is 0.105. The topological polar surface area (TPSA) is 46.9 Å². The van der Waals surface area contributed by atoms with Crippen LogP contribution >= 0.6 is 23.4 Å². The lowest BCUT2D eigenvalue weighted by Crippen LogP contribution is -2.38. The number of carbonyl (C=O) groups is 1. The van der Waals surface area contributed by atoms with Crippen LogP contribution in [0.2, 0.25) is 5.02 Å². The molecule has 2 aromatic rings. The molecule has 1 aliphatic rings. The molecule has 24 heavy (non-hydrogen) atoms. The third-order valence-electron chi connectivity index (χ3n) is 4.35. The number of hydrogen-bond donors (Lipinski definition) is 1. The van der Waals surface area contributed by atoms with E-state index in [1.54, 1.807) is 11.8 Å². The first-order valence-electron chi connectivity index (χ1n) is 8.28. The first-order valence-corrected chi connectivity index (χ1v) is 9.65. The number of carbonyl (C=O) groups excluding carboxylic acids is 1. The van der Waals surface area contributed by atoms with Crippen molar-refractivity contribution in [2.45, 2.75) is 49.6 Å². The van der Waals surface area contributed by atoms with Crippen LogP contribution in [0.4, 0.5) is 0 Å². The van der Waals surface area contributed by atoms with Crippen molar-refractivity contribution < 1.29 is 4.79 Å². The van der Waals surface area contributed by atoms with Gasteiger partial charge in [0.15, 0.2) is 0 Å². The third-order valence-corrected chi connectivity index (χ3v) is 5.61. The van der Waals surface area contributed by atoms with Crippen molar-refractivity contribution in [1.82, 2.24) is 15.1 Å². The number of amides is 1. The molecule has 0 saturated heterocycles. The number of nitrogens with one attached hydrogen (secondary N) is 1. The van der Waals surface area contributed by atoms with Gasteiger partial charge in [0, 0.05) is 22.2 Å². The van der Waals surface area contributed by atoms with Gasteiger partial charge in [0.25, 0.3) is 0 Å². The van der Waals surface area contributed by atoms with E-state index in [9.17, 15) is 4.79 Å². The standard InChI is InChI=1S/C18H22ClN3OS/c1-13-10-20-22(11-13)16-6-4-15(5-7-16)21-18(23)12-24-17-8-2-14(19)3-9-17/h2-3,8-11,15-16H,4-7,12H2,1H3,(H,21,23). The van der Waals surface area contributed by atoms with Crippen LogP contribution in [0.1, 0.15) is 37.3 Å². The maximum atomic E-state index is 12.1. The lowest BCUT2D eigenvalue weighted by Gasteiger charge is -2.29. The monoisotopic (exact) mass is 363 g/mol. The molecule has 128 valence electrons. The van der Waals surface area contributed by atoms with Crippen molar-refractivity contribution in [2.24, 2.45) is 0 Å². The van der Waals surface area contributed by atoms with E-state index in [2.05, 4.69) is 28.2 Å². The van der Waals surface area contributed by atoms with Crippen molar-refractivity contribution in [3.63, 3.8) is 0 Å². The smallest absolute Gasteiger partial charge is 0.230 e. The maximum absolute atomic E-state index is 12.1. The molecule has 1 aromatic carbocycles. The highest BCUT2D eigenvalue weighted by atomic mass is 35.5. The summed E-state index contributed by atoms with van der Waals surface area (Å²) in [5.41, 5.74) is 1.20. The van der Waals surface area contributed by atoms with Crippen LogP contribution in [-0.4, -0.2) is 27.5 Å². The summed E-state index contributed by atoms with van der Waals surface area (Å²) in [6.07, 6.45) is 8.17. The number of hydrogen-bond acceptors (Lipinski definition) is 3. The minimum atomic E-state index is 0.105. The Labute approximate surface area is 152 Å². The Bertz CT molecular complexity index is 678. The molecule has 0 atom stereocenters. The van der Waals surface area contributed by atoms with E-state index in [1.165, 1.54) is 5.56 Å². The van der Waals surface area contributed by atoms with Crippen molar-refractivity contribution in [3.8, 4) is 0 Å². The van der Waals surface area contributed by atoms with Crippen molar-refractivity contribution in [1.29, 1.82) is 0 Å². The Hall–Kier alpha value is -1.46. The Morgan fingerprint density at radius 1 is 1.29 bits per heavy atom. The first-order chi connectivity index (χ1) is 11.6. The van der Waals surface area contributed by atoms with Gasteiger partial charge in [-0.2, -0.15) is 5.10 Å². The van der Waals surface area contributed by atoms with E-state index in [1.807, 2.05) is 30.5 Å². The van der Waals surface area contributed by atoms with Gasteiger partial charge < -0.3 is 5.32 Å². The highest BCUT2D eigenvalue weighted by Gasteiger charge is 2.23. The normalized spacial score (nSPS) is 20.8. The second kappa shape index (κ2) is 8.08. The minimum Gasteiger partial charge on any atom is -0.353 e. The molecule has 1 aromatic heterocycles. The van der Waals surface area contributed by atoms with Crippen molar-refractivity contribution in [3.05, 3.63) is 47.2 Å². The van der Waals surface area contributed by atoms with Gasteiger partial charge in [-0.05, 0) is 62.4 Å². The molecule has 1 heterocycles. The molecule has 1 fully saturated rings. The third kappa shape index (κ3) is 4.77. The highest BCUT2D eigenvalue weighted by Crippen LogP contribution is 2.28. The molecule has 1 N–H and O–H groups in total. The van der Waals surface area contributed by atoms with Gasteiger partial charge >= 0.3 is 0 Å². The molecule has 1 aliphatic carbocycles. The summed E-state index contributed by atoms with van der Waals surface area (Å²) in [4.78, 5) is 13.2. The van der Waals surface area contributed by atoms with Crippen LogP contribution in [0.3, 0.4) is 0 Å². The fourth-order valence-corrected chi connectivity index (χ4v) is 3.90. The van der Waals surface area contributed by atoms with Crippen LogP contribution in [0.15, 0.2) is 41.6 Å². The number of aromatic nitrogens is 2. The summed E-state index contributed by atoms with van der Waals surface area (Å²) in [6.45, 7) is 2.06. The van der Waals surface area contributed by atoms with E-state index >= 15 is 0 Å². The summed E-state index contributed by atoms with van der Waals surface area (Å²) in [5, 5.41) is 8.29. The lowest BCUT2D eigenvalue weighted by atomic mass is 9.91. The van der Waals surface area contributed by atoms with E-state index in [0.29, 0.717) is 16.8 Å². The zero-order chi connectivity index (χ0) is 16.9. The van der Waals surface area contributed by atoms with E-state index in [0.717, 1.165) is 30.6 Å². The maximum Gasteiger partial charge on any atom is 0.230 e. The largest absolute Gasteiger partial charge is 0.353 e. The molecule has 4 nitrogen and oxygen atoms in total. The molecule has 1 amide bonds. The Balaban J connectivity index is 1.40. The average molecular weight is 364 g/mol. The van der Waals surface area contributed by atoms with E-state index < -0.39 is 0 Å². The Morgan fingerprint density at radius 2 is 2.00 bits per heavy atom. The number of rotatable bonds is 5. The predicted octanol–water partition coefficient (Wildman–Crippen LogP) is 4.24. The molecule has 1 saturated carbocycles. The van der Waals surface area contributed by atoms with Crippen molar-refractivity contribution >= 4 is 29.3 Å².